The fourth-order valence-electron chi connectivity index (χ4n) is 2.07. The van der Waals surface area contributed by atoms with E-state index in [1.807, 2.05) is 30.3 Å². The van der Waals surface area contributed by atoms with E-state index in [0.717, 1.165) is 18.4 Å². The van der Waals surface area contributed by atoms with Gasteiger partial charge in [-0.3, -0.25) is 0 Å². The van der Waals surface area contributed by atoms with E-state index in [0.29, 0.717) is 0 Å². The maximum Gasteiger partial charge on any atom is 0.0974 e. The van der Waals surface area contributed by atoms with Gasteiger partial charge in [0.15, 0.2) is 0 Å². The van der Waals surface area contributed by atoms with Gasteiger partial charge in [0.05, 0.1) is 6.10 Å². The van der Waals surface area contributed by atoms with Crippen LogP contribution in [-0.2, 0) is 0 Å². The number of allylic oxidation sites excluding steroid dienone is 1. The molecule has 0 aromatic heterocycles. The summed E-state index contributed by atoms with van der Waals surface area (Å²) in [6, 6.07) is 9.90. The molecule has 0 amide bonds. The Morgan fingerprint density at radius 2 is 1.61 bits per heavy atom. The van der Waals surface area contributed by atoms with E-state index < -0.39 is 6.10 Å². The largest absolute Gasteiger partial charge is 0.384 e. The van der Waals surface area contributed by atoms with E-state index in [1.165, 1.54) is 31.3 Å². The van der Waals surface area contributed by atoms with Crippen molar-refractivity contribution in [1.29, 1.82) is 0 Å². The second-order valence-corrected chi connectivity index (χ2v) is 4.89. The summed E-state index contributed by atoms with van der Waals surface area (Å²) in [5.74, 6) is 0. The second kappa shape index (κ2) is 8.93. The van der Waals surface area contributed by atoms with E-state index in [-0.39, 0.29) is 0 Å². The van der Waals surface area contributed by atoms with Crippen LogP contribution < -0.4 is 0 Å². The first-order valence-electron chi connectivity index (χ1n) is 7.20. The molecule has 1 N–H and O–H groups in total. The fourth-order valence-corrected chi connectivity index (χ4v) is 2.07. The molecule has 0 aliphatic rings. The van der Waals surface area contributed by atoms with Crippen LogP contribution in [0.15, 0.2) is 42.0 Å². The van der Waals surface area contributed by atoms with Crippen LogP contribution in [0.5, 0.6) is 0 Å². The van der Waals surface area contributed by atoms with Gasteiger partial charge in [-0.2, -0.15) is 0 Å². The molecule has 1 unspecified atom stereocenters. The number of aliphatic hydroxyl groups is 1. The lowest BCUT2D eigenvalue weighted by molar-refractivity contribution is 0.227. The van der Waals surface area contributed by atoms with Gasteiger partial charge < -0.3 is 5.11 Å². The molecular weight excluding hydrogens is 220 g/mol. The van der Waals surface area contributed by atoms with E-state index in [1.54, 1.807) is 0 Å². The monoisotopic (exact) mass is 246 g/mol. The fraction of sp³-hybridized carbons (Fsp3) is 0.529. The molecule has 0 spiro atoms. The van der Waals surface area contributed by atoms with Gasteiger partial charge in [0, 0.05) is 0 Å². The Hall–Kier alpha value is -1.08. The molecule has 0 aliphatic carbocycles. The summed E-state index contributed by atoms with van der Waals surface area (Å²) in [5.41, 5.74) is 2.40. The molecule has 100 valence electrons. The minimum absolute atomic E-state index is 0.449. The van der Waals surface area contributed by atoms with Crippen molar-refractivity contribution < 1.29 is 5.11 Å². The van der Waals surface area contributed by atoms with Crippen molar-refractivity contribution in [1.82, 2.24) is 0 Å². The topological polar surface area (TPSA) is 20.2 Å². The van der Waals surface area contributed by atoms with Crippen molar-refractivity contribution in [2.24, 2.45) is 0 Å². The third-order valence-corrected chi connectivity index (χ3v) is 3.24. The van der Waals surface area contributed by atoms with Gasteiger partial charge in [0.1, 0.15) is 0 Å². The molecule has 0 heterocycles. The third kappa shape index (κ3) is 5.50. The Bertz CT molecular complexity index is 330. The lowest BCUT2D eigenvalue weighted by Crippen LogP contribution is -1.96. The molecule has 0 saturated carbocycles. The van der Waals surface area contributed by atoms with Crippen LogP contribution in [0, 0.1) is 0 Å². The quantitative estimate of drug-likeness (QED) is 0.638. The minimum Gasteiger partial charge on any atom is -0.384 e. The van der Waals surface area contributed by atoms with Gasteiger partial charge in [-0.25, -0.2) is 0 Å². The summed E-state index contributed by atoms with van der Waals surface area (Å²) in [4.78, 5) is 0. The highest BCUT2D eigenvalue weighted by molar-refractivity contribution is 5.22. The van der Waals surface area contributed by atoms with Crippen molar-refractivity contribution in [2.45, 2.75) is 58.5 Å². The lowest BCUT2D eigenvalue weighted by Gasteiger charge is -2.11. The highest BCUT2D eigenvalue weighted by Crippen LogP contribution is 2.21. The smallest absolute Gasteiger partial charge is 0.0974 e. The average Bonchev–Trinajstić information content (AvgIpc) is 2.42. The first-order chi connectivity index (χ1) is 8.77. The molecule has 0 aliphatic heterocycles. The van der Waals surface area contributed by atoms with Gasteiger partial charge in [0.25, 0.3) is 0 Å². The van der Waals surface area contributed by atoms with Gasteiger partial charge >= 0.3 is 0 Å². The lowest BCUT2D eigenvalue weighted by atomic mass is 9.99. The minimum atomic E-state index is -0.449. The van der Waals surface area contributed by atoms with Crippen LogP contribution in [-0.4, -0.2) is 5.11 Å². The SMILES string of the molecule is CCCCC(=CC(O)c1ccccc1)CCCC. The van der Waals surface area contributed by atoms with Crippen LogP contribution in [0.1, 0.15) is 64.0 Å². The number of unbranched alkanes of at least 4 members (excludes halogenated alkanes) is 2. The molecule has 0 radical (unpaired) electrons. The molecule has 18 heavy (non-hydrogen) atoms. The second-order valence-electron chi connectivity index (χ2n) is 4.89. The first-order valence-corrected chi connectivity index (χ1v) is 7.20. The number of benzene rings is 1. The standard InChI is InChI=1S/C17H26O/c1-3-5-10-15(11-6-4-2)14-17(18)16-12-8-7-9-13-16/h7-9,12-14,17-18H,3-6,10-11H2,1-2H3. The van der Waals surface area contributed by atoms with Crippen LogP contribution in [0.3, 0.4) is 0 Å². The Kier molecular flexibility index (Phi) is 7.43. The van der Waals surface area contributed by atoms with E-state index in [4.69, 9.17) is 0 Å². The Morgan fingerprint density at radius 1 is 1.06 bits per heavy atom. The average molecular weight is 246 g/mol. The van der Waals surface area contributed by atoms with Crippen molar-refractivity contribution in [3.63, 3.8) is 0 Å². The third-order valence-electron chi connectivity index (χ3n) is 3.24. The normalized spacial score (nSPS) is 12.2. The summed E-state index contributed by atoms with van der Waals surface area (Å²) in [6.07, 6.45) is 8.72. The van der Waals surface area contributed by atoms with Crippen LogP contribution in [0.25, 0.3) is 0 Å². The molecule has 1 atom stereocenters. The Balaban J connectivity index is 2.67. The highest BCUT2D eigenvalue weighted by Gasteiger charge is 2.05. The van der Waals surface area contributed by atoms with E-state index >= 15 is 0 Å². The zero-order valence-corrected chi connectivity index (χ0v) is 11.7. The van der Waals surface area contributed by atoms with Crippen LogP contribution in [0.4, 0.5) is 0 Å². The number of aliphatic hydroxyl groups excluding tert-OH is 1. The maximum absolute atomic E-state index is 10.2. The Morgan fingerprint density at radius 3 is 2.11 bits per heavy atom. The predicted molar refractivity (Wildman–Crippen MR) is 78.5 cm³/mol. The molecule has 0 bridgehead atoms. The van der Waals surface area contributed by atoms with Gasteiger partial charge in [0.2, 0.25) is 0 Å². The zero-order valence-electron chi connectivity index (χ0n) is 11.7. The summed E-state index contributed by atoms with van der Waals surface area (Å²) >= 11 is 0. The van der Waals surface area contributed by atoms with Gasteiger partial charge in [-0.05, 0) is 31.2 Å². The number of hydrogen-bond acceptors (Lipinski definition) is 1. The molecule has 1 heteroatoms. The number of rotatable bonds is 8. The van der Waals surface area contributed by atoms with Crippen molar-refractivity contribution in [3.05, 3.63) is 47.5 Å². The molecule has 1 rings (SSSR count). The molecule has 0 fully saturated rings. The zero-order chi connectivity index (χ0) is 13.2. The highest BCUT2D eigenvalue weighted by atomic mass is 16.3. The van der Waals surface area contributed by atoms with Crippen molar-refractivity contribution in [2.75, 3.05) is 0 Å². The first kappa shape index (κ1) is 15.0. The van der Waals surface area contributed by atoms with E-state index in [2.05, 4.69) is 19.9 Å². The Labute approximate surface area is 112 Å². The van der Waals surface area contributed by atoms with Crippen molar-refractivity contribution in [3.8, 4) is 0 Å². The molecule has 0 saturated heterocycles. The van der Waals surface area contributed by atoms with Crippen LogP contribution in [0.2, 0.25) is 0 Å². The van der Waals surface area contributed by atoms with Gasteiger partial charge in [-0.1, -0.05) is 68.7 Å². The number of hydrogen-bond donors (Lipinski definition) is 1. The summed E-state index contributed by atoms with van der Waals surface area (Å²) in [6.45, 7) is 4.43. The predicted octanol–water partition coefficient (Wildman–Crippen LogP) is 5.03. The van der Waals surface area contributed by atoms with E-state index in [9.17, 15) is 5.11 Å². The molecule has 1 nitrogen and oxygen atoms in total. The summed E-state index contributed by atoms with van der Waals surface area (Å²) in [7, 11) is 0. The summed E-state index contributed by atoms with van der Waals surface area (Å²) < 4.78 is 0. The van der Waals surface area contributed by atoms with Crippen LogP contribution >= 0.6 is 0 Å². The maximum atomic E-state index is 10.2. The van der Waals surface area contributed by atoms with Crippen molar-refractivity contribution >= 4 is 0 Å². The molecular formula is C17H26O. The van der Waals surface area contributed by atoms with Gasteiger partial charge in [-0.15, -0.1) is 0 Å². The summed E-state index contributed by atoms with van der Waals surface area (Å²) in [5, 5.41) is 10.2. The molecule has 1 aromatic rings. The molecule has 1 aromatic carbocycles.